The van der Waals surface area contributed by atoms with Gasteiger partial charge in [0.2, 0.25) is 12.7 Å². The third-order valence-electron chi connectivity index (χ3n) is 2.08. The fourth-order valence-electron chi connectivity index (χ4n) is 1.25. The van der Waals surface area contributed by atoms with Crippen molar-refractivity contribution in [2.75, 3.05) is 12.1 Å². The molecule has 1 N–H and O–H groups in total. The second-order valence-electron chi connectivity index (χ2n) is 3.29. The highest BCUT2D eigenvalue weighted by Gasteiger charge is 2.18. The van der Waals surface area contributed by atoms with Gasteiger partial charge in [-0.2, -0.15) is 0 Å². The van der Waals surface area contributed by atoms with Gasteiger partial charge in [-0.3, -0.25) is 4.79 Å². The molecule has 1 atom stereocenters. The molecule has 86 valence electrons. The number of fused-ring (bicyclic) bond motifs is 1. The molecular weight excluding hydrogens is 253 g/mol. The number of hydrogen-bond acceptors (Lipinski definition) is 3. The monoisotopic (exact) mass is 261 g/mol. The maximum Gasteiger partial charge on any atom is 0.242 e. The van der Waals surface area contributed by atoms with Gasteiger partial charge in [-0.05, 0) is 6.92 Å². The van der Waals surface area contributed by atoms with Crippen molar-refractivity contribution in [1.29, 1.82) is 0 Å². The lowest BCUT2D eigenvalue weighted by Gasteiger charge is -2.09. The first-order valence-corrected chi connectivity index (χ1v) is 5.43. The summed E-state index contributed by atoms with van der Waals surface area (Å²) in [6.45, 7) is 1.74. The molecule has 2 rings (SSSR count). The van der Waals surface area contributed by atoms with E-state index in [1.165, 1.54) is 0 Å². The highest BCUT2D eigenvalue weighted by Crippen LogP contribution is 2.39. The third-order valence-corrected chi connectivity index (χ3v) is 2.59. The fourth-order valence-corrected chi connectivity index (χ4v) is 1.50. The molecule has 1 aromatic carbocycles. The molecule has 1 amide bonds. The normalized spacial score (nSPS) is 14.7. The molecule has 0 aliphatic carbocycles. The third kappa shape index (κ3) is 2.18. The van der Waals surface area contributed by atoms with E-state index < -0.39 is 5.38 Å². The molecule has 4 nitrogen and oxygen atoms in total. The van der Waals surface area contributed by atoms with Crippen LogP contribution in [0.15, 0.2) is 12.1 Å². The Balaban J connectivity index is 2.25. The highest BCUT2D eigenvalue weighted by atomic mass is 35.5. The number of carbonyl (C=O) groups excluding carboxylic acids is 1. The van der Waals surface area contributed by atoms with Crippen molar-refractivity contribution >= 4 is 34.8 Å². The molecule has 1 unspecified atom stereocenters. The molecule has 1 aliphatic heterocycles. The summed E-state index contributed by atoms with van der Waals surface area (Å²) in [5.74, 6) is 0.811. The topological polar surface area (TPSA) is 47.6 Å². The Kier molecular flexibility index (Phi) is 3.12. The number of hydrogen-bond donors (Lipinski definition) is 1. The van der Waals surface area contributed by atoms with Gasteiger partial charge >= 0.3 is 0 Å². The fraction of sp³-hybridized carbons (Fsp3) is 0.300. The summed E-state index contributed by atoms with van der Waals surface area (Å²) in [4.78, 5) is 11.4. The van der Waals surface area contributed by atoms with E-state index in [0.717, 1.165) is 0 Å². The number of rotatable bonds is 2. The van der Waals surface area contributed by atoms with Crippen LogP contribution in [0.5, 0.6) is 11.5 Å². The van der Waals surface area contributed by atoms with Crippen molar-refractivity contribution in [3.63, 3.8) is 0 Å². The maximum absolute atomic E-state index is 11.4. The van der Waals surface area contributed by atoms with Crippen LogP contribution in [0.4, 0.5) is 5.69 Å². The molecule has 16 heavy (non-hydrogen) atoms. The Morgan fingerprint density at radius 3 is 2.69 bits per heavy atom. The van der Waals surface area contributed by atoms with Gasteiger partial charge in [0.25, 0.3) is 0 Å². The smallest absolute Gasteiger partial charge is 0.242 e. The SMILES string of the molecule is CC(Cl)C(=O)Nc1cc2c(cc1Cl)OCO2. The van der Waals surface area contributed by atoms with E-state index in [4.69, 9.17) is 32.7 Å². The van der Waals surface area contributed by atoms with E-state index in [1.54, 1.807) is 19.1 Å². The number of ether oxygens (including phenoxy) is 2. The summed E-state index contributed by atoms with van der Waals surface area (Å²) in [5, 5.41) is 2.36. The summed E-state index contributed by atoms with van der Waals surface area (Å²) in [5.41, 5.74) is 0.461. The molecule has 1 aromatic rings. The van der Waals surface area contributed by atoms with Crippen LogP contribution in [-0.4, -0.2) is 18.1 Å². The first kappa shape index (κ1) is 11.4. The summed E-state index contributed by atoms with van der Waals surface area (Å²) in [7, 11) is 0. The number of anilines is 1. The summed E-state index contributed by atoms with van der Waals surface area (Å²) >= 11 is 11.6. The molecule has 0 bridgehead atoms. The summed E-state index contributed by atoms with van der Waals surface area (Å²) in [6, 6.07) is 3.21. The van der Waals surface area contributed by atoms with E-state index in [-0.39, 0.29) is 12.7 Å². The first-order chi connectivity index (χ1) is 7.58. The van der Waals surface area contributed by atoms with Crippen LogP contribution in [0.25, 0.3) is 0 Å². The number of benzene rings is 1. The van der Waals surface area contributed by atoms with Crippen LogP contribution in [-0.2, 0) is 4.79 Å². The van der Waals surface area contributed by atoms with Gasteiger partial charge in [-0.1, -0.05) is 11.6 Å². The average Bonchev–Trinajstić information content (AvgIpc) is 2.65. The minimum atomic E-state index is -0.624. The first-order valence-electron chi connectivity index (χ1n) is 4.62. The predicted octanol–water partition coefficient (Wildman–Crippen LogP) is 2.63. The van der Waals surface area contributed by atoms with Crippen LogP contribution < -0.4 is 14.8 Å². The Morgan fingerprint density at radius 1 is 1.44 bits per heavy atom. The largest absolute Gasteiger partial charge is 0.454 e. The zero-order valence-corrected chi connectivity index (χ0v) is 9.93. The van der Waals surface area contributed by atoms with Gasteiger partial charge < -0.3 is 14.8 Å². The Hall–Kier alpha value is -1.13. The van der Waals surface area contributed by atoms with Crippen molar-refractivity contribution in [3.8, 4) is 11.5 Å². The van der Waals surface area contributed by atoms with Crippen LogP contribution in [0, 0.1) is 0 Å². The van der Waals surface area contributed by atoms with Crippen LogP contribution in [0.1, 0.15) is 6.92 Å². The van der Waals surface area contributed by atoms with Crippen LogP contribution in [0.3, 0.4) is 0 Å². The zero-order valence-electron chi connectivity index (χ0n) is 8.42. The number of alkyl halides is 1. The van der Waals surface area contributed by atoms with Gasteiger partial charge in [-0.25, -0.2) is 0 Å². The molecule has 0 aromatic heterocycles. The van der Waals surface area contributed by atoms with Crippen LogP contribution >= 0.6 is 23.2 Å². The number of nitrogens with one attached hydrogen (secondary N) is 1. The molecule has 1 heterocycles. The van der Waals surface area contributed by atoms with E-state index in [0.29, 0.717) is 22.2 Å². The highest BCUT2D eigenvalue weighted by molar-refractivity contribution is 6.35. The van der Waals surface area contributed by atoms with E-state index in [1.807, 2.05) is 0 Å². The predicted molar refractivity (Wildman–Crippen MR) is 61.5 cm³/mol. The van der Waals surface area contributed by atoms with Gasteiger partial charge in [0, 0.05) is 12.1 Å². The van der Waals surface area contributed by atoms with Crippen molar-refractivity contribution in [2.24, 2.45) is 0 Å². The maximum atomic E-state index is 11.4. The van der Waals surface area contributed by atoms with Crippen molar-refractivity contribution in [3.05, 3.63) is 17.2 Å². The van der Waals surface area contributed by atoms with Crippen molar-refractivity contribution in [1.82, 2.24) is 0 Å². The van der Waals surface area contributed by atoms with Gasteiger partial charge in [0.1, 0.15) is 5.38 Å². The summed E-state index contributed by atoms with van der Waals surface area (Å²) < 4.78 is 10.3. The second-order valence-corrected chi connectivity index (χ2v) is 4.35. The molecule has 0 fully saturated rings. The Labute approximate surface area is 102 Å². The lowest BCUT2D eigenvalue weighted by Crippen LogP contribution is -2.20. The van der Waals surface area contributed by atoms with E-state index >= 15 is 0 Å². The molecular formula is C10H9Cl2NO3. The van der Waals surface area contributed by atoms with E-state index in [9.17, 15) is 4.79 Å². The average molecular weight is 262 g/mol. The quantitative estimate of drug-likeness (QED) is 0.833. The zero-order chi connectivity index (χ0) is 11.7. The van der Waals surface area contributed by atoms with Crippen molar-refractivity contribution in [2.45, 2.75) is 12.3 Å². The van der Waals surface area contributed by atoms with Gasteiger partial charge in [0.05, 0.1) is 10.7 Å². The number of halogens is 2. The molecule has 6 heteroatoms. The molecule has 0 saturated carbocycles. The molecule has 1 aliphatic rings. The second kappa shape index (κ2) is 4.39. The molecule has 0 saturated heterocycles. The standard InChI is InChI=1S/C10H9Cl2NO3/c1-5(11)10(14)13-7-3-9-8(2-6(7)12)15-4-16-9/h2-3,5H,4H2,1H3,(H,13,14). The molecule has 0 radical (unpaired) electrons. The van der Waals surface area contributed by atoms with Crippen molar-refractivity contribution < 1.29 is 14.3 Å². The minimum absolute atomic E-state index is 0.162. The van der Waals surface area contributed by atoms with Gasteiger partial charge in [0.15, 0.2) is 11.5 Å². The number of amides is 1. The Bertz CT molecular complexity index is 434. The lowest BCUT2D eigenvalue weighted by atomic mass is 10.2. The molecule has 0 spiro atoms. The van der Waals surface area contributed by atoms with E-state index in [2.05, 4.69) is 5.32 Å². The minimum Gasteiger partial charge on any atom is -0.454 e. The van der Waals surface area contributed by atoms with Gasteiger partial charge in [-0.15, -0.1) is 11.6 Å². The Morgan fingerprint density at radius 2 is 2.06 bits per heavy atom. The van der Waals surface area contributed by atoms with Crippen LogP contribution in [0.2, 0.25) is 5.02 Å². The summed E-state index contributed by atoms with van der Waals surface area (Å²) in [6.07, 6.45) is 0. The number of carbonyl (C=O) groups is 1. The lowest BCUT2D eigenvalue weighted by molar-refractivity contribution is -0.115.